The summed E-state index contributed by atoms with van der Waals surface area (Å²) in [5.74, 6) is 0. The van der Waals surface area contributed by atoms with E-state index in [0.717, 1.165) is 16.1 Å². The van der Waals surface area contributed by atoms with Crippen molar-refractivity contribution in [1.82, 2.24) is 0 Å². The predicted molar refractivity (Wildman–Crippen MR) is 234 cm³/mol. The number of rotatable bonds is 3. The first-order valence-electron chi connectivity index (χ1n) is 19.1. The van der Waals surface area contributed by atoms with Gasteiger partial charge in [-0.25, -0.2) is 0 Å². The number of anilines is 2. The Labute approximate surface area is 325 Å². The number of fused-ring (bicyclic) bond motifs is 13. The summed E-state index contributed by atoms with van der Waals surface area (Å²) in [6.07, 6.45) is 6.04. The summed E-state index contributed by atoms with van der Waals surface area (Å²) in [5, 5.41) is 8.27. The minimum Gasteiger partial charge on any atom is -0.330 e. The van der Waals surface area contributed by atoms with E-state index in [4.69, 9.17) is 11.6 Å². The molecule has 0 fully saturated rings. The Bertz CT molecular complexity index is 3010. The lowest BCUT2D eigenvalue weighted by Gasteiger charge is -2.45. The van der Waals surface area contributed by atoms with Crippen LogP contribution in [0.15, 0.2) is 145 Å². The molecule has 262 valence electrons. The van der Waals surface area contributed by atoms with Gasteiger partial charge in [-0.1, -0.05) is 161 Å². The van der Waals surface area contributed by atoms with E-state index in [1.807, 2.05) is 11.3 Å². The van der Waals surface area contributed by atoms with Crippen LogP contribution in [0, 0.1) is 0 Å². The Kier molecular flexibility index (Phi) is 6.56. The van der Waals surface area contributed by atoms with Gasteiger partial charge in [0.15, 0.2) is 0 Å². The highest BCUT2D eigenvalue weighted by molar-refractivity contribution is 7.27. The van der Waals surface area contributed by atoms with Gasteiger partial charge in [0.1, 0.15) is 0 Å². The van der Waals surface area contributed by atoms with Gasteiger partial charge in [-0.3, -0.25) is 0 Å². The third-order valence-corrected chi connectivity index (χ3v) is 14.6. The lowest BCUT2D eigenvalue weighted by Crippen LogP contribution is -2.44. The van der Waals surface area contributed by atoms with Crippen molar-refractivity contribution in [2.75, 3.05) is 4.90 Å². The van der Waals surface area contributed by atoms with Crippen molar-refractivity contribution in [2.45, 2.75) is 57.4 Å². The van der Waals surface area contributed by atoms with Gasteiger partial charge in [-0.05, 0) is 97.6 Å². The van der Waals surface area contributed by atoms with Crippen LogP contribution in [0.1, 0.15) is 63.3 Å². The molecule has 1 nitrogen and oxygen atoms in total. The Morgan fingerprint density at radius 2 is 1.17 bits per heavy atom. The van der Waals surface area contributed by atoms with Crippen molar-refractivity contribution in [3.8, 4) is 11.1 Å². The van der Waals surface area contributed by atoms with Crippen LogP contribution in [0.3, 0.4) is 0 Å². The molecule has 3 aliphatic carbocycles. The minimum atomic E-state index is -0.399. The fraction of sp³-hybridized carbons (Fsp3) is 0.176. The van der Waals surface area contributed by atoms with Crippen LogP contribution in [0.2, 0.25) is 5.02 Å². The Morgan fingerprint density at radius 3 is 1.91 bits per heavy atom. The number of hydrogen-bond acceptors (Lipinski definition) is 2. The molecule has 3 aliphatic rings. The predicted octanol–water partition coefficient (Wildman–Crippen LogP) is 14.9. The molecule has 0 saturated heterocycles. The maximum absolute atomic E-state index is 7.26. The molecule has 11 rings (SSSR count). The Morgan fingerprint density at radius 1 is 0.574 bits per heavy atom. The van der Waals surface area contributed by atoms with E-state index >= 15 is 0 Å². The first-order chi connectivity index (χ1) is 26.1. The molecule has 0 N–H and O–H groups in total. The van der Waals surface area contributed by atoms with E-state index in [2.05, 4.69) is 179 Å². The maximum Gasteiger partial charge on any atom is 0.0649 e. The molecule has 3 heteroatoms. The Balaban J connectivity index is 1.28. The van der Waals surface area contributed by atoms with Gasteiger partial charge in [0.2, 0.25) is 0 Å². The zero-order chi connectivity index (χ0) is 36.7. The van der Waals surface area contributed by atoms with Crippen molar-refractivity contribution in [3.05, 3.63) is 172 Å². The molecular weight excluding hydrogens is 694 g/mol. The summed E-state index contributed by atoms with van der Waals surface area (Å²) in [6, 6.07) is 47.3. The second-order valence-corrected chi connectivity index (χ2v) is 18.2. The zero-order valence-corrected chi connectivity index (χ0v) is 32.8. The molecule has 0 saturated carbocycles. The average Bonchev–Trinajstić information content (AvgIpc) is 3.77. The fourth-order valence-electron chi connectivity index (χ4n) is 10.5. The van der Waals surface area contributed by atoms with E-state index < -0.39 is 5.54 Å². The van der Waals surface area contributed by atoms with E-state index in [1.165, 1.54) is 92.9 Å². The lowest BCUT2D eigenvalue weighted by molar-refractivity contribution is 0.554. The first-order valence-corrected chi connectivity index (χ1v) is 20.3. The third kappa shape index (κ3) is 4.16. The van der Waals surface area contributed by atoms with Gasteiger partial charge in [0.05, 0.1) is 25.6 Å². The minimum absolute atomic E-state index is 0.0499. The van der Waals surface area contributed by atoms with Crippen LogP contribution >= 0.6 is 22.9 Å². The second kappa shape index (κ2) is 11.0. The molecule has 0 amide bonds. The number of nitrogens with zero attached hydrogens (tertiary/aromatic N) is 1. The van der Waals surface area contributed by atoms with Crippen molar-refractivity contribution >= 4 is 81.6 Å². The van der Waals surface area contributed by atoms with E-state index in [-0.39, 0.29) is 10.8 Å². The Hall–Kier alpha value is -5.15. The molecule has 0 aliphatic heterocycles. The van der Waals surface area contributed by atoms with Crippen molar-refractivity contribution in [1.29, 1.82) is 0 Å². The third-order valence-electron chi connectivity index (χ3n) is 13.0. The quantitative estimate of drug-likeness (QED) is 0.175. The standard InChI is InChI=1S/C51H40ClNS/c1-49(2)38-22-12-11-20-35(38)37-29-51(5,26-25-40(37)49)53(42-24-14-21-36-34-19-10-13-23-39(34)50(3,4)46(36)42)43-28-31-16-7-9-18-33(31)45-44-32-17-8-6-15-30(32)27-41(52)47(44)54-48(43)45/h6-25,27-29H,26H2,1-5H3. The molecule has 1 unspecified atom stereocenters. The van der Waals surface area contributed by atoms with Gasteiger partial charge >= 0.3 is 0 Å². The summed E-state index contributed by atoms with van der Waals surface area (Å²) in [4.78, 5) is 2.73. The summed E-state index contributed by atoms with van der Waals surface area (Å²) in [6.45, 7) is 12.1. The number of halogens is 1. The second-order valence-electron chi connectivity index (χ2n) is 16.8. The highest BCUT2D eigenvalue weighted by atomic mass is 35.5. The smallest absolute Gasteiger partial charge is 0.0649 e. The molecule has 1 atom stereocenters. The molecule has 1 aromatic heterocycles. The van der Waals surface area contributed by atoms with E-state index in [0.29, 0.717) is 0 Å². The highest BCUT2D eigenvalue weighted by Crippen LogP contribution is 2.59. The number of benzene rings is 7. The van der Waals surface area contributed by atoms with Crippen LogP contribution in [-0.4, -0.2) is 5.54 Å². The van der Waals surface area contributed by atoms with Crippen LogP contribution in [-0.2, 0) is 10.8 Å². The van der Waals surface area contributed by atoms with Gasteiger partial charge < -0.3 is 4.90 Å². The maximum atomic E-state index is 7.26. The van der Waals surface area contributed by atoms with Crippen LogP contribution in [0.25, 0.3) is 58.4 Å². The number of hydrogen-bond donors (Lipinski definition) is 0. The summed E-state index contributed by atoms with van der Waals surface area (Å²) < 4.78 is 2.42. The molecule has 0 bridgehead atoms. The molecule has 1 heterocycles. The number of allylic oxidation sites excluding steroid dienone is 2. The lowest BCUT2D eigenvalue weighted by atomic mass is 9.76. The molecule has 0 spiro atoms. The summed E-state index contributed by atoms with van der Waals surface area (Å²) in [7, 11) is 0. The average molecular weight is 734 g/mol. The molecule has 8 aromatic rings. The highest BCUT2D eigenvalue weighted by Gasteiger charge is 2.46. The number of thiophene rings is 1. The normalized spacial score (nSPS) is 19.1. The van der Waals surface area contributed by atoms with E-state index in [1.54, 1.807) is 0 Å². The topological polar surface area (TPSA) is 3.24 Å². The van der Waals surface area contributed by atoms with Crippen molar-refractivity contribution in [3.63, 3.8) is 0 Å². The summed E-state index contributed by atoms with van der Waals surface area (Å²) in [5.41, 5.74) is 12.9. The fourth-order valence-corrected chi connectivity index (χ4v) is 12.1. The zero-order valence-electron chi connectivity index (χ0n) is 31.2. The molecule has 7 aromatic carbocycles. The molecular formula is C51H40ClNS. The SMILES string of the molecule is CC1(C)C2=CCC(C)(N(c3cccc4c3C(C)(C)c3ccccc3-4)c3cc4ccccc4c4c3sc3c(Cl)cc5ccccc5c34)C=C2c2ccccc21. The molecule has 54 heavy (non-hydrogen) atoms. The molecule has 0 radical (unpaired) electrons. The monoisotopic (exact) mass is 733 g/mol. The first kappa shape index (κ1) is 32.3. The van der Waals surface area contributed by atoms with Gasteiger partial charge in [-0.15, -0.1) is 11.3 Å². The van der Waals surface area contributed by atoms with Gasteiger partial charge in [-0.2, -0.15) is 0 Å². The van der Waals surface area contributed by atoms with Crippen LogP contribution in [0.4, 0.5) is 11.4 Å². The van der Waals surface area contributed by atoms with E-state index in [9.17, 15) is 0 Å². The summed E-state index contributed by atoms with van der Waals surface area (Å²) >= 11 is 9.11. The van der Waals surface area contributed by atoms with Crippen molar-refractivity contribution < 1.29 is 0 Å². The largest absolute Gasteiger partial charge is 0.330 e. The van der Waals surface area contributed by atoms with Crippen LogP contribution < -0.4 is 4.90 Å². The van der Waals surface area contributed by atoms with Crippen LogP contribution in [0.5, 0.6) is 0 Å². The van der Waals surface area contributed by atoms with Crippen molar-refractivity contribution in [2.24, 2.45) is 0 Å². The van der Waals surface area contributed by atoms with Gasteiger partial charge in [0, 0.05) is 27.3 Å². The van der Waals surface area contributed by atoms with Gasteiger partial charge in [0.25, 0.3) is 0 Å².